The third kappa shape index (κ3) is 5.63. The van der Waals surface area contributed by atoms with E-state index in [1.807, 2.05) is 18.2 Å². The quantitative estimate of drug-likeness (QED) is 0.377. The topological polar surface area (TPSA) is 97.5 Å². The molecule has 3 heterocycles. The zero-order chi connectivity index (χ0) is 17.5. The highest BCUT2D eigenvalue weighted by Gasteiger charge is 2.29. The zero-order valence-corrected chi connectivity index (χ0v) is 17.4. The average Bonchev–Trinajstić information content (AvgIpc) is 3.28. The highest BCUT2D eigenvalue weighted by Crippen LogP contribution is 2.23. The monoisotopic (exact) mass is 472 g/mol. The Balaban J connectivity index is 0.00000243. The largest absolute Gasteiger partial charge is 0.373 e. The van der Waals surface area contributed by atoms with E-state index in [4.69, 9.17) is 9.26 Å². The van der Waals surface area contributed by atoms with Gasteiger partial charge >= 0.3 is 0 Å². The molecule has 1 fully saturated rings. The van der Waals surface area contributed by atoms with Gasteiger partial charge in [0.1, 0.15) is 5.69 Å². The molecule has 1 aliphatic heterocycles. The Morgan fingerprint density at radius 2 is 2.23 bits per heavy atom. The Labute approximate surface area is 170 Å². The summed E-state index contributed by atoms with van der Waals surface area (Å²) in [6.07, 6.45) is 4.51. The number of nitrogens with one attached hydrogen (secondary N) is 2. The number of nitrogens with zero attached hydrogens (tertiary/aromatic N) is 4. The molecule has 0 spiro atoms. The van der Waals surface area contributed by atoms with Crippen LogP contribution in [0.25, 0.3) is 11.6 Å². The lowest BCUT2D eigenvalue weighted by atomic mass is 10.0. The number of aromatic nitrogens is 3. The predicted octanol–water partition coefficient (Wildman–Crippen LogP) is 2.03. The highest BCUT2D eigenvalue weighted by atomic mass is 127. The van der Waals surface area contributed by atoms with Crippen LogP contribution in [0, 0.1) is 0 Å². The van der Waals surface area contributed by atoms with E-state index in [1.54, 1.807) is 13.2 Å². The lowest BCUT2D eigenvalue weighted by molar-refractivity contribution is 0.0243. The Bertz CT molecular complexity index is 700. The smallest absolute Gasteiger partial charge is 0.276 e. The van der Waals surface area contributed by atoms with Crippen molar-refractivity contribution in [1.82, 2.24) is 25.8 Å². The van der Waals surface area contributed by atoms with Gasteiger partial charge < -0.3 is 19.9 Å². The molecule has 2 aromatic rings. The van der Waals surface area contributed by atoms with Crippen LogP contribution in [0.2, 0.25) is 0 Å². The summed E-state index contributed by atoms with van der Waals surface area (Å²) in [5.41, 5.74) is 0.569. The van der Waals surface area contributed by atoms with Crippen molar-refractivity contribution in [1.29, 1.82) is 0 Å². The van der Waals surface area contributed by atoms with Gasteiger partial charge in [0.15, 0.2) is 11.8 Å². The van der Waals surface area contributed by atoms with Gasteiger partial charge in [-0.05, 0) is 31.9 Å². The van der Waals surface area contributed by atoms with Crippen molar-refractivity contribution in [2.75, 3.05) is 26.7 Å². The molecule has 0 aromatic carbocycles. The second-order valence-electron chi connectivity index (χ2n) is 6.24. The average molecular weight is 472 g/mol. The first-order valence-electron chi connectivity index (χ1n) is 8.51. The second-order valence-corrected chi connectivity index (χ2v) is 6.24. The standard InChI is InChI=1S/C17H24N6O2.HI/c1-17(8-5-11-24-17)12-21-16(18-2)20-10-7-14-22-15(25-23-14)13-6-3-4-9-19-13;/h3-4,6,9H,5,7-8,10-12H2,1-2H3,(H2,18,20,21);1H. The SMILES string of the molecule is CN=C(NCCc1noc(-c2ccccn2)n1)NCC1(C)CCCO1.I. The van der Waals surface area contributed by atoms with Gasteiger partial charge in [-0.3, -0.25) is 9.98 Å². The fourth-order valence-corrected chi connectivity index (χ4v) is 2.71. The number of halogens is 1. The fourth-order valence-electron chi connectivity index (χ4n) is 2.71. The van der Waals surface area contributed by atoms with Crippen LogP contribution >= 0.6 is 24.0 Å². The molecule has 1 aliphatic rings. The van der Waals surface area contributed by atoms with Gasteiger partial charge in [0, 0.05) is 39.4 Å². The van der Waals surface area contributed by atoms with Crippen molar-refractivity contribution < 1.29 is 9.26 Å². The third-order valence-corrected chi connectivity index (χ3v) is 4.15. The van der Waals surface area contributed by atoms with Crippen LogP contribution in [0.1, 0.15) is 25.6 Å². The van der Waals surface area contributed by atoms with Gasteiger partial charge in [0.2, 0.25) is 0 Å². The zero-order valence-electron chi connectivity index (χ0n) is 15.1. The van der Waals surface area contributed by atoms with E-state index in [1.165, 1.54) is 0 Å². The van der Waals surface area contributed by atoms with Crippen LogP contribution in [0.5, 0.6) is 0 Å². The van der Waals surface area contributed by atoms with E-state index < -0.39 is 0 Å². The van der Waals surface area contributed by atoms with Crippen LogP contribution in [-0.4, -0.2) is 53.4 Å². The molecule has 2 N–H and O–H groups in total. The molecule has 2 aromatic heterocycles. The summed E-state index contributed by atoms with van der Waals surface area (Å²) in [6, 6.07) is 5.57. The molecule has 26 heavy (non-hydrogen) atoms. The van der Waals surface area contributed by atoms with E-state index in [2.05, 4.69) is 37.7 Å². The van der Waals surface area contributed by atoms with Crippen molar-refractivity contribution in [3.05, 3.63) is 30.2 Å². The molecule has 0 bridgehead atoms. The summed E-state index contributed by atoms with van der Waals surface area (Å²) in [4.78, 5) is 12.8. The van der Waals surface area contributed by atoms with Crippen LogP contribution in [0.4, 0.5) is 0 Å². The summed E-state index contributed by atoms with van der Waals surface area (Å²) in [7, 11) is 1.75. The van der Waals surface area contributed by atoms with Gasteiger partial charge in [0.25, 0.3) is 5.89 Å². The normalized spacial score (nSPS) is 19.8. The molecule has 3 rings (SSSR count). The number of aliphatic imine (C=N–C) groups is 1. The van der Waals surface area contributed by atoms with Crippen LogP contribution in [-0.2, 0) is 11.2 Å². The summed E-state index contributed by atoms with van der Waals surface area (Å²) >= 11 is 0. The molecule has 142 valence electrons. The lowest BCUT2D eigenvalue weighted by Gasteiger charge is -2.24. The first kappa shape index (κ1) is 20.6. The van der Waals surface area contributed by atoms with Crippen LogP contribution < -0.4 is 10.6 Å². The van der Waals surface area contributed by atoms with Gasteiger partial charge in [-0.2, -0.15) is 4.98 Å². The molecule has 1 unspecified atom stereocenters. The first-order chi connectivity index (χ1) is 12.2. The van der Waals surface area contributed by atoms with Gasteiger partial charge in [-0.15, -0.1) is 24.0 Å². The predicted molar refractivity (Wildman–Crippen MR) is 110 cm³/mol. The molecule has 8 nitrogen and oxygen atoms in total. The fraction of sp³-hybridized carbons (Fsp3) is 0.529. The van der Waals surface area contributed by atoms with Crippen LogP contribution in [0.3, 0.4) is 0 Å². The summed E-state index contributed by atoms with van der Waals surface area (Å²) in [6.45, 7) is 4.34. The lowest BCUT2D eigenvalue weighted by Crippen LogP contribution is -2.46. The summed E-state index contributed by atoms with van der Waals surface area (Å²) < 4.78 is 11.0. The molecule has 0 saturated carbocycles. The maximum atomic E-state index is 5.77. The molecule has 1 atom stereocenters. The maximum absolute atomic E-state index is 5.77. The Morgan fingerprint density at radius 1 is 1.35 bits per heavy atom. The molecule has 9 heteroatoms. The van der Waals surface area contributed by atoms with Crippen molar-refractivity contribution in [3.8, 4) is 11.6 Å². The number of ether oxygens (including phenoxy) is 1. The number of pyridine rings is 1. The summed E-state index contributed by atoms with van der Waals surface area (Å²) in [5.74, 6) is 1.81. The Kier molecular flexibility index (Phi) is 7.76. The van der Waals surface area contributed by atoms with Gasteiger partial charge in [-0.25, -0.2) is 0 Å². The highest BCUT2D eigenvalue weighted by molar-refractivity contribution is 14.0. The Hall–Kier alpha value is -1.75. The molecule has 0 amide bonds. The van der Waals surface area contributed by atoms with Gasteiger partial charge in [0.05, 0.1) is 5.60 Å². The minimum Gasteiger partial charge on any atom is -0.373 e. The van der Waals surface area contributed by atoms with Crippen LogP contribution in [0.15, 0.2) is 33.9 Å². The number of hydrogen-bond acceptors (Lipinski definition) is 6. The minimum atomic E-state index is -0.108. The molecular weight excluding hydrogens is 447 g/mol. The van der Waals surface area contributed by atoms with E-state index in [9.17, 15) is 0 Å². The van der Waals surface area contributed by atoms with Gasteiger partial charge in [-0.1, -0.05) is 11.2 Å². The van der Waals surface area contributed by atoms with E-state index >= 15 is 0 Å². The first-order valence-corrected chi connectivity index (χ1v) is 8.51. The van der Waals surface area contributed by atoms with E-state index in [0.717, 1.165) is 32.0 Å². The maximum Gasteiger partial charge on any atom is 0.276 e. The number of guanidine groups is 1. The summed E-state index contributed by atoms with van der Waals surface area (Å²) in [5, 5.41) is 10.6. The number of hydrogen-bond donors (Lipinski definition) is 2. The minimum absolute atomic E-state index is 0. The number of rotatable bonds is 6. The van der Waals surface area contributed by atoms with E-state index in [0.29, 0.717) is 30.4 Å². The molecule has 0 radical (unpaired) electrons. The molecule has 0 aliphatic carbocycles. The van der Waals surface area contributed by atoms with Crippen molar-refractivity contribution in [3.63, 3.8) is 0 Å². The molecular formula is C17H25IN6O2. The van der Waals surface area contributed by atoms with Crippen molar-refractivity contribution in [2.45, 2.75) is 31.8 Å². The van der Waals surface area contributed by atoms with Crippen molar-refractivity contribution in [2.24, 2.45) is 4.99 Å². The third-order valence-electron chi connectivity index (χ3n) is 4.15. The van der Waals surface area contributed by atoms with Crippen molar-refractivity contribution >= 4 is 29.9 Å². The van der Waals surface area contributed by atoms with E-state index in [-0.39, 0.29) is 29.6 Å². The Morgan fingerprint density at radius 3 is 2.92 bits per heavy atom. The molecule has 1 saturated heterocycles. The second kappa shape index (κ2) is 9.81.